The van der Waals surface area contributed by atoms with Crippen molar-refractivity contribution in [3.63, 3.8) is 0 Å². The van der Waals surface area contributed by atoms with Crippen LogP contribution in [0.25, 0.3) is 0 Å². The van der Waals surface area contributed by atoms with Gasteiger partial charge in [0.05, 0.1) is 0 Å². The number of carbonyl (C=O) groups is 1. The maximum atomic E-state index is 8.74. The summed E-state index contributed by atoms with van der Waals surface area (Å²) in [5.74, 6) is 0. The standard InChI is InChI=1S/CH2O3.2Na.2H2O3Si.2H/c2-1(3)4;;;2*1-4(2)3;;/h(H2,2,3,4);;;2*1-2H;;. The molecule has 0 aromatic heterocycles. The van der Waals surface area contributed by atoms with Gasteiger partial charge in [0.2, 0.25) is 0 Å². The van der Waals surface area contributed by atoms with Crippen molar-refractivity contribution in [3.8, 4) is 0 Å². The van der Waals surface area contributed by atoms with Gasteiger partial charge in [0.15, 0.2) is 0 Å². The summed E-state index contributed by atoms with van der Waals surface area (Å²) in [6, 6.07) is 0. The van der Waals surface area contributed by atoms with Gasteiger partial charge in [-0.25, -0.2) is 4.79 Å². The Morgan fingerprint density at radius 1 is 0.786 bits per heavy atom. The van der Waals surface area contributed by atoms with E-state index < -0.39 is 24.5 Å². The van der Waals surface area contributed by atoms with Crippen LogP contribution >= 0.6 is 0 Å². The Balaban J connectivity index is -0.0000000270. The summed E-state index contributed by atoms with van der Waals surface area (Å²) in [5, 5.41) is 13.9. The minimum atomic E-state index is -3.13. The molecule has 0 amide bonds. The average Bonchev–Trinajstić information content (AvgIpc) is 1.54. The molecule has 0 aromatic carbocycles. The number of rotatable bonds is 0. The molecule has 0 heterocycles. The van der Waals surface area contributed by atoms with Crippen LogP contribution in [-0.4, -0.2) is 113 Å². The van der Waals surface area contributed by atoms with Gasteiger partial charge in [-0.05, 0) is 0 Å². The van der Waals surface area contributed by atoms with Gasteiger partial charge in [0.25, 0.3) is 0 Å². The molecule has 0 aliphatic carbocycles. The summed E-state index contributed by atoms with van der Waals surface area (Å²) in [6.07, 6.45) is -1.83. The molecule has 9 nitrogen and oxygen atoms in total. The molecule has 0 unspecified atom stereocenters. The summed E-state index contributed by atoms with van der Waals surface area (Å²) >= 11 is 0. The van der Waals surface area contributed by atoms with Crippen LogP contribution in [0.4, 0.5) is 4.79 Å². The molecule has 76 valence electrons. The summed E-state index contributed by atoms with van der Waals surface area (Å²) in [6.45, 7) is 0. The molecular formula is CH8Na2O9Si2. The van der Waals surface area contributed by atoms with Crippen LogP contribution in [0.1, 0.15) is 0 Å². The third-order valence-electron chi connectivity index (χ3n) is 0. The third-order valence-corrected chi connectivity index (χ3v) is 0. The molecule has 0 aliphatic rings. The van der Waals surface area contributed by atoms with Gasteiger partial charge >= 0.3 is 83.6 Å². The van der Waals surface area contributed by atoms with Gasteiger partial charge < -0.3 is 29.4 Å². The molecule has 13 heteroatoms. The second kappa shape index (κ2) is 23.4. The van der Waals surface area contributed by atoms with Gasteiger partial charge in [-0.2, -0.15) is 0 Å². The van der Waals surface area contributed by atoms with E-state index in [0.717, 1.165) is 0 Å². The first kappa shape index (κ1) is 29.3. The fourth-order valence-electron chi connectivity index (χ4n) is 0. The Morgan fingerprint density at radius 2 is 0.786 bits per heavy atom. The average molecular weight is 266 g/mol. The van der Waals surface area contributed by atoms with Crippen molar-refractivity contribution in [1.29, 1.82) is 0 Å². The predicted molar refractivity (Wildman–Crippen MR) is 46.7 cm³/mol. The van der Waals surface area contributed by atoms with E-state index in [4.69, 9.17) is 43.1 Å². The zero-order chi connectivity index (χ0) is 10.7. The van der Waals surface area contributed by atoms with Crippen molar-refractivity contribution in [2.45, 2.75) is 0 Å². The molecule has 0 fully saturated rings. The van der Waals surface area contributed by atoms with Crippen LogP contribution in [0.5, 0.6) is 0 Å². The second-order valence-corrected chi connectivity index (χ2v) is 1.98. The van der Waals surface area contributed by atoms with E-state index in [1.165, 1.54) is 0 Å². The third kappa shape index (κ3) is 6520. The van der Waals surface area contributed by atoms with Crippen LogP contribution in [0.3, 0.4) is 0 Å². The molecule has 6 N–H and O–H groups in total. The van der Waals surface area contributed by atoms with Gasteiger partial charge in [-0.15, -0.1) is 0 Å². The molecule has 0 aliphatic heterocycles. The van der Waals surface area contributed by atoms with Crippen LogP contribution in [0.15, 0.2) is 0 Å². The number of hydrogen-bond donors (Lipinski definition) is 6. The fourth-order valence-corrected chi connectivity index (χ4v) is 0. The molecule has 0 aromatic rings. The number of carboxylic acid groups (broad SMARTS) is 2. The van der Waals surface area contributed by atoms with E-state index in [1.54, 1.807) is 0 Å². The molecule has 0 saturated carbocycles. The van der Waals surface area contributed by atoms with Gasteiger partial charge in [-0.3, -0.25) is 8.92 Å². The molecule has 0 saturated heterocycles. The van der Waals surface area contributed by atoms with E-state index in [9.17, 15) is 0 Å². The molecule has 14 heavy (non-hydrogen) atoms. The van der Waals surface area contributed by atoms with E-state index in [-0.39, 0.29) is 59.1 Å². The Labute approximate surface area is 125 Å². The van der Waals surface area contributed by atoms with Crippen molar-refractivity contribution in [1.82, 2.24) is 0 Å². The summed E-state index contributed by atoms with van der Waals surface area (Å²) in [7, 11) is -6.26. The van der Waals surface area contributed by atoms with Crippen molar-refractivity contribution in [2.75, 3.05) is 0 Å². The van der Waals surface area contributed by atoms with Crippen LogP contribution < -0.4 is 0 Å². The Morgan fingerprint density at radius 3 is 0.786 bits per heavy atom. The minimum absolute atomic E-state index is 0. The van der Waals surface area contributed by atoms with E-state index in [0.29, 0.717) is 0 Å². The zero-order valence-electron chi connectivity index (χ0n) is 5.41. The fraction of sp³-hybridized carbons (Fsp3) is 0. The first-order valence-electron chi connectivity index (χ1n) is 1.95. The SMILES string of the molecule is O=C(O)O.O=[Si](O)O.O=[Si](O)O.[NaH].[NaH]. The van der Waals surface area contributed by atoms with Crippen LogP contribution in [0.2, 0.25) is 0 Å². The van der Waals surface area contributed by atoms with Crippen molar-refractivity contribution in [2.24, 2.45) is 0 Å². The Kier molecular flexibility index (Phi) is 48.9. The maximum absolute atomic E-state index is 8.74. The van der Waals surface area contributed by atoms with E-state index in [1.807, 2.05) is 0 Å². The summed E-state index contributed by atoms with van der Waals surface area (Å²) in [5.41, 5.74) is 0. The number of hydrogen-bond acceptors (Lipinski definition) is 3. The van der Waals surface area contributed by atoms with E-state index in [2.05, 4.69) is 0 Å². The normalized spacial score (nSPS) is 5.14. The second-order valence-electron chi connectivity index (χ2n) is 0.848. The first-order valence-corrected chi connectivity index (χ1v) is 4.56. The predicted octanol–water partition coefficient (Wildman–Crippen LogP) is -4.30. The van der Waals surface area contributed by atoms with Crippen LogP contribution in [-0.2, 0) is 8.92 Å². The van der Waals surface area contributed by atoms with E-state index >= 15 is 0 Å². The zero-order valence-corrected chi connectivity index (χ0v) is 7.41. The van der Waals surface area contributed by atoms with Crippen molar-refractivity contribution >= 4 is 83.6 Å². The summed E-state index contributed by atoms with van der Waals surface area (Å²) < 4.78 is 17.5. The molecular weight excluding hydrogens is 258 g/mol. The molecule has 0 rings (SSSR count). The van der Waals surface area contributed by atoms with Gasteiger partial charge in [-0.1, -0.05) is 0 Å². The molecule has 0 spiro atoms. The van der Waals surface area contributed by atoms with Crippen LogP contribution in [0, 0.1) is 0 Å². The van der Waals surface area contributed by atoms with Gasteiger partial charge in [0.1, 0.15) is 0 Å². The molecule has 0 radical (unpaired) electrons. The van der Waals surface area contributed by atoms with Crippen molar-refractivity contribution < 1.29 is 43.1 Å². The summed E-state index contributed by atoms with van der Waals surface area (Å²) in [4.78, 5) is 37.2. The molecule has 0 atom stereocenters. The molecule has 0 bridgehead atoms. The monoisotopic (exact) mass is 266 g/mol. The van der Waals surface area contributed by atoms with Gasteiger partial charge in [0, 0.05) is 0 Å². The van der Waals surface area contributed by atoms with Crippen molar-refractivity contribution in [3.05, 3.63) is 0 Å². The Bertz CT molecular complexity index is 118. The topological polar surface area (TPSA) is 173 Å². The Hall–Kier alpha value is 0.504. The first-order chi connectivity index (χ1) is 5.20. The quantitative estimate of drug-likeness (QED) is 0.237.